The van der Waals surface area contributed by atoms with Gasteiger partial charge in [-0.1, -0.05) is 0 Å². The van der Waals surface area contributed by atoms with Crippen molar-refractivity contribution in [2.45, 2.75) is 31.7 Å². The van der Waals surface area contributed by atoms with Gasteiger partial charge in [0.05, 0.1) is 18.0 Å². The van der Waals surface area contributed by atoms with Crippen LogP contribution in [0.2, 0.25) is 0 Å². The number of imidazole rings is 1. The molecule has 0 amide bonds. The summed E-state index contributed by atoms with van der Waals surface area (Å²) >= 11 is 0. The summed E-state index contributed by atoms with van der Waals surface area (Å²) in [6.07, 6.45) is -2.29. The van der Waals surface area contributed by atoms with E-state index in [-0.39, 0.29) is 36.8 Å². The number of nitrogens with zero attached hydrogens (tertiary/aromatic N) is 7. The van der Waals surface area contributed by atoms with Crippen molar-refractivity contribution in [3.63, 3.8) is 0 Å². The Balaban J connectivity index is 1.66. The molecule has 0 spiro atoms. The van der Waals surface area contributed by atoms with Crippen molar-refractivity contribution in [3.8, 4) is 23.1 Å². The van der Waals surface area contributed by atoms with E-state index in [0.717, 1.165) is 10.6 Å². The summed E-state index contributed by atoms with van der Waals surface area (Å²) in [6.45, 7) is 1.35. The molecule has 3 aromatic rings. The summed E-state index contributed by atoms with van der Waals surface area (Å²) in [4.78, 5) is 15.8. The van der Waals surface area contributed by atoms with Gasteiger partial charge in [-0.05, 0) is 25.5 Å². The molecule has 1 fully saturated rings. The quantitative estimate of drug-likeness (QED) is 0.505. The van der Waals surface area contributed by atoms with Gasteiger partial charge in [0.15, 0.2) is 5.69 Å². The fraction of sp³-hybridized carbons (Fsp3) is 0.381. The Labute approximate surface area is 203 Å². The molecular formula is C21H20F4N8O2S. The van der Waals surface area contributed by atoms with Crippen molar-refractivity contribution >= 4 is 16.0 Å². The van der Waals surface area contributed by atoms with Crippen LogP contribution in [-0.4, -0.2) is 68.8 Å². The van der Waals surface area contributed by atoms with Crippen molar-refractivity contribution < 1.29 is 26.0 Å². The minimum Gasteiger partial charge on any atom is -0.348 e. The first kappa shape index (κ1) is 25.5. The third-order valence-electron chi connectivity index (χ3n) is 5.60. The molecule has 4 rings (SSSR count). The average molecular weight is 525 g/mol. The van der Waals surface area contributed by atoms with E-state index in [1.54, 1.807) is 19.1 Å². The first-order chi connectivity index (χ1) is 16.9. The summed E-state index contributed by atoms with van der Waals surface area (Å²) in [5, 5.41) is 12.0. The Morgan fingerprint density at radius 3 is 2.61 bits per heavy atom. The summed E-state index contributed by atoms with van der Waals surface area (Å²) in [6, 6.07) is 4.27. The van der Waals surface area contributed by atoms with Crippen LogP contribution in [0.25, 0.3) is 17.1 Å². The number of aromatic nitrogens is 5. The van der Waals surface area contributed by atoms with Crippen LogP contribution in [0.1, 0.15) is 23.4 Å². The monoisotopic (exact) mass is 524 g/mol. The number of sulfonamides is 1. The highest BCUT2D eigenvalue weighted by molar-refractivity contribution is 7.88. The zero-order valence-electron chi connectivity index (χ0n) is 19.0. The molecule has 1 saturated heterocycles. The van der Waals surface area contributed by atoms with Crippen LogP contribution in [0.5, 0.6) is 0 Å². The molecule has 0 unspecified atom stereocenters. The third kappa shape index (κ3) is 5.29. The summed E-state index contributed by atoms with van der Waals surface area (Å²) in [5.74, 6) is -0.261. The molecule has 0 saturated carbocycles. The van der Waals surface area contributed by atoms with Crippen LogP contribution in [-0.2, 0) is 16.2 Å². The normalized spacial score (nSPS) is 19.1. The minimum atomic E-state index is -4.80. The number of anilines is 1. The second kappa shape index (κ2) is 9.43. The molecule has 10 nitrogen and oxygen atoms in total. The first-order valence-corrected chi connectivity index (χ1v) is 12.4. The van der Waals surface area contributed by atoms with E-state index in [2.05, 4.69) is 25.3 Å². The Bertz CT molecular complexity index is 1430. The molecular weight excluding hydrogens is 504 g/mol. The van der Waals surface area contributed by atoms with Gasteiger partial charge in [0.1, 0.15) is 35.5 Å². The highest BCUT2D eigenvalue weighted by Gasteiger charge is 2.37. The lowest BCUT2D eigenvalue weighted by Crippen LogP contribution is -2.49. The van der Waals surface area contributed by atoms with Crippen LogP contribution in [0.3, 0.4) is 0 Å². The van der Waals surface area contributed by atoms with Gasteiger partial charge in [-0.15, -0.1) is 0 Å². The molecule has 0 aliphatic carbocycles. The number of nitriles is 1. The molecule has 2 atom stereocenters. The van der Waals surface area contributed by atoms with Gasteiger partial charge in [-0.2, -0.15) is 22.7 Å². The number of pyridine rings is 1. The Morgan fingerprint density at radius 2 is 1.97 bits per heavy atom. The highest BCUT2D eigenvalue weighted by atomic mass is 32.2. The maximum atomic E-state index is 14.6. The Morgan fingerprint density at radius 1 is 1.22 bits per heavy atom. The minimum absolute atomic E-state index is 0.0423. The molecule has 1 aliphatic heterocycles. The zero-order valence-corrected chi connectivity index (χ0v) is 19.8. The first-order valence-electron chi connectivity index (χ1n) is 10.6. The number of nitrogens with one attached hydrogen (secondary N) is 1. The van der Waals surface area contributed by atoms with Gasteiger partial charge in [0.2, 0.25) is 16.0 Å². The van der Waals surface area contributed by atoms with E-state index in [0.29, 0.717) is 17.6 Å². The van der Waals surface area contributed by atoms with E-state index in [9.17, 15) is 31.2 Å². The van der Waals surface area contributed by atoms with Gasteiger partial charge in [0, 0.05) is 31.2 Å². The molecule has 1 N–H and O–H groups in total. The largest absolute Gasteiger partial charge is 0.420 e. The topological polar surface area (TPSA) is 130 Å². The smallest absolute Gasteiger partial charge is 0.348 e. The van der Waals surface area contributed by atoms with Crippen molar-refractivity contribution in [2.75, 3.05) is 24.7 Å². The molecule has 36 heavy (non-hydrogen) atoms. The number of hydrogen-bond acceptors (Lipinski definition) is 8. The highest BCUT2D eigenvalue weighted by Crippen LogP contribution is 2.36. The van der Waals surface area contributed by atoms with E-state index < -0.39 is 39.7 Å². The molecule has 0 bridgehead atoms. The summed E-state index contributed by atoms with van der Waals surface area (Å²) in [5.41, 5.74) is -0.864. The SMILES string of the molecule is Cc1ccc(-n2cnc(-c3nc(N[C@H]4CCN(S(C)(=O)=O)C[C@H]4F)ncc3C(F)(F)F)c2)c(C#N)n1. The van der Waals surface area contributed by atoms with Crippen molar-refractivity contribution in [1.82, 2.24) is 28.8 Å². The number of halogens is 4. The second-order valence-electron chi connectivity index (χ2n) is 8.23. The van der Waals surface area contributed by atoms with Gasteiger partial charge in [-0.25, -0.2) is 32.7 Å². The number of hydrogen-bond donors (Lipinski definition) is 1. The predicted molar refractivity (Wildman–Crippen MR) is 120 cm³/mol. The van der Waals surface area contributed by atoms with Gasteiger partial charge in [0.25, 0.3) is 0 Å². The predicted octanol–water partition coefficient (Wildman–Crippen LogP) is 2.71. The van der Waals surface area contributed by atoms with E-state index in [1.807, 2.05) is 6.07 Å². The van der Waals surface area contributed by atoms with Crippen LogP contribution >= 0.6 is 0 Å². The molecule has 0 radical (unpaired) electrons. The third-order valence-corrected chi connectivity index (χ3v) is 6.87. The molecule has 3 aromatic heterocycles. The lowest BCUT2D eigenvalue weighted by atomic mass is 10.1. The summed E-state index contributed by atoms with van der Waals surface area (Å²) < 4.78 is 81.5. The van der Waals surface area contributed by atoms with Crippen LogP contribution in [0, 0.1) is 18.3 Å². The Kier molecular flexibility index (Phi) is 6.67. The van der Waals surface area contributed by atoms with E-state index in [1.165, 1.54) is 17.1 Å². The number of aryl methyl sites for hydroxylation is 1. The number of alkyl halides is 4. The van der Waals surface area contributed by atoms with Crippen molar-refractivity contribution in [1.29, 1.82) is 5.26 Å². The molecule has 0 aromatic carbocycles. The van der Waals surface area contributed by atoms with Gasteiger partial charge < -0.3 is 9.88 Å². The maximum absolute atomic E-state index is 14.6. The standard InChI is InChI=1S/C21H20F4N8O2S/c1-12-3-4-18(16(7-26)29-12)32-10-17(28-11-32)19-13(21(23,24)25)8-27-20(31-19)30-15-5-6-33(9-14(15)22)36(2,34)35/h3-4,8,10-11,14-15H,5-6,9H2,1-2H3,(H,27,30,31)/t14-,15+/m1/s1. The fourth-order valence-corrected chi connectivity index (χ4v) is 4.63. The number of piperidine rings is 1. The van der Waals surface area contributed by atoms with Crippen molar-refractivity contribution in [3.05, 3.63) is 47.8 Å². The zero-order chi connectivity index (χ0) is 26.3. The van der Waals surface area contributed by atoms with Crippen LogP contribution in [0.4, 0.5) is 23.5 Å². The molecule has 1 aliphatic rings. The van der Waals surface area contributed by atoms with Crippen molar-refractivity contribution in [2.24, 2.45) is 0 Å². The van der Waals surface area contributed by atoms with Gasteiger partial charge >= 0.3 is 6.18 Å². The van der Waals surface area contributed by atoms with E-state index in [4.69, 9.17) is 0 Å². The van der Waals surface area contributed by atoms with Crippen LogP contribution < -0.4 is 5.32 Å². The molecule has 190 valence electrons. The lowest BCUT2D eigenvalue weighted by Gasteiger charge is -2.33. The number of rotatable bonds is 5. The average Bonchev–Trinajstić information content (AvgIpc) is 3.29. The maximum Gasteiger partial charge on any atom is 0.420 e. The summed E-state index contributed by atoms with van der Waals surface area (Å²) in [7, 11) is -3.57. The Hall–Kier alpha value is -3.64. The molecule has 15 heteroatoms. The van der Waals surface area contributed by atoms with Gasteiger partial charge in [-0.3, -0.25) is 0 Å². The lowest BCUT2D eigenvalue weighted by molar-refractivity contribution is -0.137. The fourth-order valence-electron chi connectivity index (χ4n) is 3.78. The van der Waals surface area contributed by atoms with Crippen LogP contribution in [0.15, 0.2) is 30.9 Å². The van der Waals surface area contributed by atoms with E-state index >= 15 is 0 Å². The second-order valence-corrected chi connectivity index (χ2v) is 10.2. The molecule has 4 heterocycles.